The second-order valence-corrected chi connectivity index (χ2v) is 2.44. The number of hydrogen-bond acceptors (Lipinski definition) is 2. The molecule has 0 aliphatic carbocycles. The van der Waals surface area contributed by atoms with Gasteiger partial charge in [0.2, 0.25) is 0 Å². The number of hydrogen-bond donors (Lipinski definition) is 1. The van der Waals surface area contributed by atoms with Crippen molar-refractivity contribution in [2.24, 2.45) is 0 Å². The van der Waals surface area contributed by atoms with Crippen molar-refractivity contribution in [3.8, 4) is 0 Å². The van der Waals surface area contributed by atoms with Gasteiger partial charge in [0, 0.05) is 6.07 Å². The van der Waals surface area contributed by atoms with Crippen LogP contribution in [0.25, 0.3) is 0 Å². The fourth-order valence-corrected chi connectivity index (χ4v) is 0.939. The van der Waals surface area contributed by atoms with Crippen LogP contribution in [0, 0.1) is 11.0 Å². The Balaban J connectivity index is 3.23. The summed E-state index contributed by atoms with van der Waals surface area (Å²) >= 11 is 5.04. The summed E-state index contributed by atoms with van der Waals surface area (Å²) in [5.74, 6) is -0.868. The third kappa shape index (κ3) is 1.61. The van der Waals surface area contributed by atoms with Crippen molar-refractivity contribution in [2.45, 2.75) is 0 Å². The molecule has 12 heavy (non-hydrogen) atoms. The highest BCUT2D eigenvalue weighted by atomic mass is 35.5. The van der Waals surface area contributed by atoms with Gasteiger partial charge in [0.15, 0.2) is 11.5 Å². The van der Waals surface area contributed by atoms with Crippen LogP contribution in [0.3, 0.4) is 0 Å². The van der Waals surface area contributed by atoms with Crippen LogP contribution >= 0.6 is 11.6 Å². The second-order valence-electron chi connectivity index (χ2n) is 2.10. The average molecular weight is 190 g/mol. The Kier molecular flexibility index (Phi) is 2.75. The first-order valence-electron chi connectivity index (χ1n) is 3.10. The van der Waals surface area contributed by atoms with Gasteiger partial charge in [-0.05, 0) is 17.7 Å². The molecule has 64 valence electrons. The Morgan fingerprint density at radius 2 is 2.25 bits per heavy atom. The molecular formula is C7H5ClFNO2. The van der Waals surface area contributed by atoms with Gasteiger partial charge in [0.05, 0.1) is 5.56 Å². The van der Waals surface area contributed by atoms with Gasteiger partial charge in [-0.15, -0.1) is 0 Å². The van der Waals surface area contributed by atoms with Crippen molar-refractivity contribution in [1.29, 1.82) is 0 Å². The maximum Gasteiger partial charge on any atom is 0.255 e. The van der Waals surface area contributed by atoms with Crippen molar-refractivity contribution in [3.63, 3.8) is 0 Å². The lowest BCUT2D eigenvalue weighted by atomic mass is 10.2. The maximum absolute atomic E-state index is 13.0. The lowest BCUT2D eigenvalue weighted by molar-refractivity contribution is -0.499. The predicted molar refractivity (Wildman–Crippen MR) is 41.5 cm³/mol. The molecule has 0 unspecified atom stereocenters. The van der Waals surface area contributed by atoms with Crippen molar-refractivity contribution in [2.75, 3.05) is 0 Å². The highest BCUT2D eigenvalue weighted by Gasteiger charge is 2.13. The normalized spacial score (nSPS) is 9.92. The zero-order valence-corrected chi connectivity index (χ0v) is 6.64. The van der Waals surface area contributed by atoms with Crippen molar-refractivity contribution < 1.29 is 14.7 Å². The fraction of sp³-hybridized carbons (Fsp3) is 0. The van der Waals surface area contributed by atoms with E-state index in [1.807, 2.05) is 0 Å². The maximum atomic E-state index is 13.0. The molecule has 2 N–H and O–H groups in total. The molecule has 0 fully saturated rings. The fourth-order valence-electron chi connectivity index (χ4n) is 0.793. The Bertz CT molecular complexity index is 316. The molecule has 0 saturated heterocycles. The van der Waals surface area contributed by atoms with Crippen LogP contribution in [0.5, 0.6) is 0 Å². The van der Waals surface area contributed by atoms with E-state index in [9.17, 15) is 14.4 Å². The van der Waals surface area contributed by atoms with Crippen molar-refractivity contribution in [3.05, 3.63) is 34.8 Å². The van der Waals surface area contributed by atoms with Crippen LogP contribution in [-0.4, -0.2) is 5.24 Å². The first-order chi connectivity index (χ1) is 5.66. The number of nitrogens with two attached hydrogens (primary N) is 1. The standard InChI is InChI=1S/C7H5ClFNO2/c8-7(11)4-2-1-3-5(10-12)6(4)9/h1-3H,10H2. The van der Waals surface area contributed by atoms with Gasteiger partial charge in [-0.25, -0.2) is 0 Å². The molecular weight excluding hydrogens is 185 g/mol. The van der Waals surface area contributed by atoms with Gasteiger partial charge < -0.3 is 10.7 Å². The number of rotatable bonds is 2. The van der Waals surface area contributed by atoms with E-state index in [4.69, 9.17) is 11.6 Å². The van der Waals surface area contributed by atoms with Crippen molar-refractivity contribution in [1.82, 2.24) is 0 Å². The summed E-state index contributed by atoms with van der Waals surface area (Å²) in [6.07, 6.45) is 0. The van der Waals surface area contributed by atoms with E-state index < -0.39 is 11.1 Å². The van der Waals surface area contributed by atoms with Crippen LogP contribution in [0.1, 0.15) is 10.4 Å². The molecule has 0 heterocycles. The van der Waals surface area contributed by atoms with E-state index in [1.165, 1.54) is 18.2 Å². The van der Waals surface area contributed by atoms with Gasteiger partial charge in [0.25, 0.3) is 5.24 Å². The zero-order valence-electron chi connectivity index (χ0n) is 5.88. The van der Waals surface area contributed by atoms with Crippen LogP contribution in [0.4, 0.5) is 10.1 Å². The van der Waals surface area contributed by atoms with Crippen LogP contribution in [0.2, 0.25) is 0 Å². The van der Waals surface area contributed by atoms with Gasteiger partial charge >= 0.3 is 0 Å². The number of halogens is 2. The number of carbonyl (C=O) groups excluding carboxylic acids is 1. The van der Waals surface area contributed by atoms with Gasteiger partial charge in [-0.1, -0.05) is 6.07 Å². The Labute approximate surface area is 72.7 Å². The minimum absolute atomic E-state index is 0.165. The molecule has 0 amide bonds. The van der Waals surface area contributed by atoms with Crippen LogP contribution in [0.15, 0.2) is 18.2 Å². The molecule has 0 bridgehead atoms. The van der Waals surface area contributed by atoms with E-state index in [0.717, 1.165) is 0 Å². The molecule has 5 heteroatoms. The molecule has 0 radical (unpaired) electrons. The van der Waals surface area contributed by atoms with Crippen molar-refractivity contribution >= 4 is 22.5 Å². The summed E-state index contributed by atoms with van der Waals surface area (Å²) in [6, 6.07) is 3.88. The Morgan fingerprint density at radius 3 is 2.75 bits per heavy atom. The van der Waals surface area contributed by atoms with Gasteiger partial charge in [0.1, 0.15) is 0 Å². The highest BCUT2D eigenvalue weighted by molar-refractivity contribution is 6.67. The molecule has 0 spiro atoms. The minimum atomic E-state index is -0.906. The molecule has 0 aromatic heterocycles. The molecule has 1 aromatic rings. The molecule has 1 rings (SSSR count). The monoisotopic (exact) mass is 189 g/mol. The summed E-state index contributed by atoms with van der Waals surface area (Å²) in [5, 5.41) is 9.30. The average Bonchev–Trinajstić information content (AvgIpc) is 2.04. The van der Waals surface area contributed by atoms with E-state index in [-0.39, 0.29) is 11.3 Å². The van der Waals surface area contributed by atoms with E-state index in [0.29, 0.717) is 5.48 Å². The summed E-state index contributed by atoms with van der Waals surface area (Å²) < 4.78 is 13.0. The second kappa shape index (κ2) is 3.62. The van der Waals surface area contributed by atoms with E-state index >= 15 is 0 Å². The minimum Gasteiger partial charge on any atom is -0.630 e. The molecule has 0 saturated carbocycles. The third-order valence-corrected chi connectivity index (χ3v) is 1.57. The van der Waals surface area contributed by atoms with Crippen LogP contribution in [-0.2, 0) is 0 Å². The lowest BCUT2D eigenvalue weighted by Crippen LogP contribution is -2.70. The van der Waals surface area contributed by atoms with Crippen LogP contribution < -0.4 is 5.48 Å². The van der Waals surface area contributed by atoms with E-state index in [2.05, 4.69) is 0 Å². The van der Waals surface area contributed by atoms with Gasteiger partial charge in [-0.2, -0.15) is 4.39 Å². The zero-order chi connectivity index (χ0) is 9.14. The number of carbonyl (C=O) groups is 1. The summed E-state index contributed by atoms with van der Waals surface area (Å²) in [7, 11) is 0. The first kappa shape index (κ1) is 9.12. The molecule has 0 atom stereocenters. The van der Waals surface area contributed by atoms with Gasteiger partial charge in [-0.3, -0.25) is 4.79 Å². The number of quaternary nitrogens is 1. The number of benzene rings is 1. The molecule has 0 aliphatic rings. The summed E-state index contributed by atoms with van der Waals surface area (Å²) in [5.41, 5.74) is -0.110. The summed E-state index contributed by atoms with van der Waals surface area (Å²) in [6.45, 7) is 0. The SMILES string of the molecule is O=C(Cl)c1cccc([NH2+][O-])c1F. The Morgan fingerprint density at radius 1 is 1.58 bits per heavy atom. The molecule has 0 aliphatic heterocycles. The molecule has 1 aromatic carbocycles. The largest absolute Gasteiger partial charge is 0.630 e. The summed E-state index contributed by atoms with van der Waals surface area (Å²) in [4.78, 5) is 10.5. The predicted octanol–water partition coefficient (Wildman–Crippen LogP) is 0.897. The third-order valence-electron chi connectivity index (χ3n) is 1.37. The smallest absolute Gasteiger partial charge is 0.255 e. The molecule has 3 nitrogen and oxygen atoms in total. The highest BCUT2D eigenvalue weighted by Crippen LogP contribution is 2.15. The lowest BCUT2D eigenvalue weighted by Gasteiger charge is -2.03. The quantitative estimate of drug-likeness (QED) is 0.427. The van der Waals surface area contributed by atoms with E-state index in [1.54, 1.807) is 0 Å². The topological polar surface area (TPSA) is 56.7 Å². The first-order valence-corrected chi connectivity index (χ1v) is 3.48. The Hall–Kier alpha value is -0.970.